The Morgan fingerprint density at radius 2 is 2.08 bits per heavy atom. The molecule has 0 unspecified atom stereocenters. The van der Waals surface area contributed by atoms with E-state index in [4.69, 9.17) is 5.11 Å². The number of fused-ring (bicyclic) bond motifs is 3. The smallest absolute Gasteiger partial charge is 0.250 e. The zero-order valence-corrected chi connectivity index (χ0v) is 14.2. The van der Waals surface area contributed by atoms with Crippen LogP contribution in [0.5, 0.6) is 0 Å². The van der Waals surface area contributed by atoms with Crippen molar-refractivity contribution in [3.05, 3.63) is 41.0 Å². The number of nitrogens with zero attached hydrogens (tertiary/aromatic N) is 2. The molecule has 0 atom stereocenters. The zero-order valence-electron chi connectivity index (χ0n) is 14.2. The van der Waals surface area contributed by atoms with E-state index in [0.717, 1.165) is 59.4 Å². The van der Waals surface area contributed by atoms with E-state index in [-0.39, 0.29) is 6.61 Å². The van der Waals surface area contributed by atoms with Gasteiger partial charge in [0.2, 0.25) is 11.5 Å². The van der Waals surface area contributed by atoms with Gasteiger partial charge in [0.15, 0.2) is 0 Å². The zero-order chi connectivity index (χ0) is 17.1. The van der Waals surface area contributed by atoms with Crippen LogP contribution >= 0.6 is 0 Å². The van der Waals surface area contributed by atoms with Crippen molar-refractivity contribution in [2.45, 2.75) is 33.1 Å². The molecule has 3 N–H and O–H groups in total. The summed E-state index contributed by atoms with van der Waals surface area (Å²) >= 11 is 0. The van der Waals surface area contributed by atoms with Gasteiger partial charge in [-0.1, -0.05) is 19.1 Å². The largest absolute Gasteiger partial charge is 0.396 e. The van der Waals surface area contributed by atoms with Crippen LogP contribution < -0.4 is 9.72 Å². The number of rotatable bonds is 6. The third-order valence-corrected chi connectivity index (χ3v) is 4.54. The number of nitriles is 1. The molecule has 0 aliphatic carbocycles. The molecule has 0 aliphatic rings. The summed E-state index contributed by atoms with van der Waals surface area (Å²) < 4.78 is 2.12. The lowest BCUT2D eigenvalue weighted by Crippen LogP contribution is -2.30. The van der Waals surface area contributed by atoms with Crippen molar-refractivity contribution in [3.63, 3.8) is 0 Å². The van der Waals surface area contributed by atoms with Crippen molar-refractivity contribution in [1.29, 1.82) is 5.26 Å². The maximum atomic E-state index is 9.67. The first-order valence-corrected chi connectivity index (χ1v) is 8.45. The van der Waals surface area contributed by atoms with E-state index in [0.29, 0.717) is 5.56 Å². The van der Waals surface area contributed by atoms with Gasteiger partial charge in [-0.2, -0.15) is 9.66 Å². The number of aliphatic hydroxyl groups excluding tert-OH is 1. The van der Waals surface area contributed by atoms with Crippen molar-refractivity contribution in [1.82, 2.24) is 4.98 Å². The molecule has 0 aliphatic heterocycles. The van der Waals surface area contributed by atoms with Gasteiger partial charge in [-0.05, 0) is 43.9 Å². The number of pyridine rings is 1. The summed E-state index contributed by atoms with van der Waals surface area (Å²) in [5.74, 6) is 1.04. The monoisotopic (exact) mass is 323 g/mol. The summed E-state index contributed by atoms with van der Waals surface area (Å²) in [6, 6.07) is 10.5. The first kappa shape index (κ1) is 16.3. The van der Waals surface area contributed by atoms with E-state index in [1.807, 2.05) is 25.1 Å². The Balaban J connectivity index is 2.28. The number of para-hydroxylation sites is 2. The second kappa shape index (κ2) is 6.90. The summed E-state index contributed by atoms with van der Waals surface area (Å²) in [6.07, 6.45) is 2.54. The van der Waals surface area contributed by atoms with Crippen LogP contribution in [0.4, 0.5) is 5.82 Å². The fourth-order valence-corrected chi connectivity index (χ4v) is 3.32. The molecule has 0 bridgehead atoms. The van der Waals surface area contributed by atoms with E-state index < -0.39 is 0 Å². The van der Waals surface area contributed by atoms with Gasteiger partial charge in [-0.15, -0.1) is 0 Å². The molecule has 0 saturated carbocycles. The number of unbranched alkanes of at least 4 members (excludes halogenated alkanes) is 1. The van der Waals surface area contributed by atoms with Gasteiger partial charge in [-0.3, -0.25) is 4.98 Å². The topological polar surface area (TPSA) is 75.9 Å². The van der Waals surface area contributed by atoms with Crippen LogP contribution in [0.3, 0.4) is 0 Å². The number of aliphatic hydroxyl groups is 1. The molecule has 1 aromatic carbocycles. The highest BCUT2D eigenvalue weighted by atomic mass is 16.2. The lowest BCUT2D eigenvalue weighted by molar-refractivity contribution is -0.465. The Labute approximate surface area is 141 Å². The van der Waals surface area contributed by atoms with Crippen LogP contribution in [0.25, 0.3) is 16.7 Å². The van der Waals surface area contributed by atoms with Crippen LogP contribution in [-0.4, -0.2) is 23.2 Å². The van der Waals surface area contributed by atoms with Crippen LogP contribution in [-0.2, 0) is 6.42 Å². The average Bonchev–Trinajstić information content (AvgIpc) is 2.97. The molecule has 0 fully saturated rings. The lowest BCUT2D eigenvalue weighted by Gasteiger charge is -2.12. The molecule has 0 amide bonds. The molecule has 124 valence electrons. The van der Waals surface area contributed by atoms with Gasteiger partial charge in [0, 0.05) is 12.2 Å². The minimum absolute atomic E-state index is 0.213. The summed E-state index contributed by atoms with van der Waals surface area (Å²) in [7, 11) is 0. The number of benzene rings is 1. The second-order valence-electron chi connectivity index (χ2n) is 5.98. The van der Waals surface area contributed by atoms with Crippen LogP contribution in [0.15, 0.2) is 24.3 Å². The van der Waals surface area contributed by atoms with Gasteiger partial charge < -0.3 is 10.4 Å². The molecule has 2 aromatic heterocycles. The highest BCUT2D eigenvalue weighted by Crippen LogP contribution is 2.25. The first-order valence-electron chi connectivity index (χ1n) is 8.45. The first-order chi connectivity index (χ1) is 11.7. The molecule has 5 heteroatoms. The molecular formula is C19H23N4O+. The number of H-pyrrole nitrogens is 1. The lowest BCUT2D eigenvalue weighted by atomic mass is 10.0. The minimum atomic E-state index is 0.213. The van der Waals surface area contributed by atoms with E-state index >= 15 is 0 Å². The van der Waals surface area contributed by atoms with Crippen molar-refractivity contribution < 1.29 is 9.51 Å². The minimum Gasteiger partial charge on any atom is -0.396 e. The maximum Gasteiger partial charge on any atom is 0.250 e. The quantitative estimate of drug-likeness (QED) is 0.482. The van der Waals surface area contributed by atoms with Gasteiger partial charge in [-0.25, -0.2) is 0 Å². The number of aromatic amines is 1. The molecule has 0 radical (unpaired) electrons. The average molecular weight is 323 g/mol. The Morgan fingerprint density at radius 3 is 2.79 bits per heavy atom. The van der Waals surface area contributed by atoms with Gasteiger partial charge in [0.05, 0.1) is 6.54 Å². The summed E-state index contributed by atoms with van der Waals surface area (Å²) in [5, 5.41) is 22.2. The fraction of sp³-hybridized carbons (Fsp3) is 0.368. The number of imidazole rings is 1. The number of aromatic nitrogens is 2. The Morgan fingerprint density at radius 1 is 1.29 bits per heavy atom. The van der Waals surface area contributed by atoms with E-state index in [1.165, 1.54) is 0 Å². The molecule has 3 aromatic rings. The molecule has 2 heterocycles. The summed E-state index contributed by atoms with van der Waals surface area (Å²) in [4.78, 5) is 3.39. The molecule has 0 saturated heterocycles. The number of hydrogen-bond acceptors (Lipinski definition) is 3. The highest BCUT2D eigenvalue weighted by molar-refractivity contribution is 5.78. The number of hydrogen-bond donors (Lipinski definition) is 3. The third kappa shape index (κ3) is 2.59. The summed E-state index contributed by atoms with van der Waals surface area (Å²) in [6.45, 7) is 5.14. The van der Waals surface area contributed by atoms with Crippen molar-refractivity contribution in [3.8, 4) is 6.07 Å². The van der Waals surface area contributed by atoms with Crippen LogP contribution in [0.1, 0.15) is 36.5 Å². The normalized spacial score (nSPS) is 11.1. The molecule has 24 heavy (non-hydrogen) atoms. The Hall–Kier alpha value is -2.58. The van der Waals surface area contributed by atoms with Crippen molar-refractivity contribution in [2.24, 2.45) is 0 Å². The Bertz CT molecular complexity index is 921. The fourth-order valence-electron chi connectivity index (χ4n) is 3.32. The second-order valence-corrected chi connectivity index (χ2v) is 5.98. The van der Waals surface area contributed by atoms with E-state index in [9.17, 15) is 5.26 Å². The van der Waals surface area contributed by atoms with Crippen LogP contribution in [0, 0.1) is 18.3 Å². The van der Waals surface area contributed by atoms with E-state index in [1.54, 1.807) is 0 Å². The third-order valence-electron chi connectivity index (χ3n) is 4.54. The predicted molar refractivity (Wildman–Crippen MR) is 95.1 cm³/mol. The molecule has 3 rings (SSSR count). The van der Waals surface area contributed by atoms with Gasteiger partial charge in [0.25, 0.3) is 0 Å². The van der Waals surface area contributed by atoms with Gasteiger partial charge in [0.1, 0.15) is 22.7 Å². The van der Waals surface area contributed by atoms with Crippen molar-refractivity contribution >= 4 is 22.5 Å². The SMILES string of the molecule is CCc1c(C)c(C#N)c2[nH]c3ccccc3[n+]2c1NCCCCO. The Kier molecular flexibility index (Phi) is 4.68. The van der Waals surface area contributed by atoms with Crippen molar-refractivity contribution in [2.75, 3.05) is 18.5 Å². The van der Waals surface area contributed by atoms with Gasteiger partial charge >= 0.3 is 0 Å². The molecular weight excluding hydrogens is 300 g/mol. The van der Waals surface area contributed by atoms with Crippen LogP contribution in [0.2, 0.25) is 0 Å². The predicted octanol–water partition coefficient (Wildman–Crippen LogP) is 2.83. The maximum absolute atomic E-state index is 9.67. The molecule has 0 spiro atoms. The highest BCUT2D eigenvalue weighted by Gasteiger charge is 2.24. The molecule has 5 nitrogen and oxygen atoms in total. The number of anilines is 1. The summed E-state index contributed by atoms with van der Waals surface area (Å²) in [5.41, 5.74) is 5.79. The van der Waals surface area contributed by atoms with E-state index in [2.05, 4.69) is 33.8 Å². The number of nitrogens with one attached hydrogen (secondary N) is 2. The standard InChI is InChI=1S/C19H22N4O/c1-3-14-13(2)15(12-20)19-22-16-8-4-5-9-17(16)23(19)18(14)21-10-6-7-11-24/h4-5,8-9,24H,3,6-7,10-11H2,1-2H3,(H,21,22)/p+1.